The smallest absolute Gasteiger partial charge is 0.147 e. The first-order chi connectivity index (χ1) is 10.1. The lowest BCUT2D eigenvalue weighted by molar-refractivity contribution is 0.631. The van der Waals surface area contributed by atoms with Gasteiger partial charge in [-0.3, -0.25) is 4.98 Å². The van der Waals surface area contributed by atoms with E-state index in [1.165, 1.54) is 6.07 Å². The van der Waals surface area contributed by atoms with E-state index in [2.05, 4.69) is 10.3 Å². The highest BCUT2D eigenvalue weighted by Gasteiger charge is 2.06. The van der Waals surface area contributed by atoms with Gasteiger partial charge in [0, 0.05) is 22.8 Å². The molecule has 0 unspecified atom stereocenters. The molecule has 104 valence electrons. The number of rotatable bonds is 3. The summed E-state index contributed by atoms with van der Waals surface area (Å²) in [6.07, 6.45) is 1.74. The number of fused-ring (bicyclic) bond motifs is 1. The van der Waals surface area contributed by atoms with Crippen molar-refractivity contribution in [2.45, 2.75) is 0 Å². The highest BCUT2D eigenvalue weighted by molar-refractivity contribution is 7.80. The summed E-state index contributed by atoms with van der Waals surface area (Å²) in [6, 6.07) is 14.1. The Labute approximate surface area is 126 Å². The maximum absolute atomic E-state index is 14.0. The van der Waals surface area contributed by atoms with Gasteiger partial charge in [-0.15, -0.1) is 0 Å². The summed E-state index contributed by atoms with van der Waals surface area (Å²) in [5.74, 6) is -0.397. The Bertz CT molecular complexity index is 833. The van der Waals surface area contributed by atoms with Gasteiger partial charge in [0.25, 0.3) is 0 Å². The van der Waals surface area contributed by atoms with Crippen LogP contribution in [-0.2, 0) is 0 Å². The Balaban J connectivity index is 1.93. The zero-order valence-corrected chi connectivity index (χ0v) is 11.8. The average Bonchev–Trinajstić information content (AvgIpc) is 2.49. The van der Waals surface area contributed by atoms with Crippen LogP contribution < -0.4 is 11.1 Å². The van der Waals surface area contributed by atoms with Crippen molar-refractivity contribution in [3.8, 4) is 0 Å². The lowest BCUT2D eigenvalue weighted by Crippen LogP contribution is -2.09. The summed E-state index contributed by atoms with van der Waals surface area (Å²) >= 11 is 4.83. The molecule has 0 saturated heterocycles. The maximum atomic E-state index is 14.0. The predicted molar refractivity (Wildman–Crippen MR) is 87.3 cm³/mol. The van der Waals surface area contributed by atoms with Crippen LogP contribution in [0.1, 0.15) is 5.56 Å². The Hall–Kier alpha value is -2.53. The van der Waals surface area contributed by atoms with E-state index in [0.717, 1.165) is 16.6 Å². The van der Waals surface area contributed by atoms with Gasteiger partial charge in [0.2, 0.25) is 0 Å². The molecular weight excluding hydrogens is 285 g/mol. The van der Waals surface area contributed by atoms with Crippen LogP contribution in [0.15, 0.2) is 54.7 Å². The molecule has 3 nitrogen and oxygen atoms in total. The molecule has 0 spiro atoms. The second-order valence-electron chi connectivity index (χ2n) is 4.59. The van der Waals surface area contributed by atoms with Gasteiger partial charge in [-0.05, 0) is 42.5 Å². The lowest BCUT2D eigenvalue weighted by atomic mass is 10.1. The van der Waals surface area contributed by atoms with Crippen LogP contribution in [0.3, 0.4) is 0 Å². The van der Waals surface area contributed by atoms with Crippen molar-refractivity contribution >= 4 is 39.5 Å². The van der Waals surface area contributed by atoms with Gasteiger partial charge in [0.05, 0.1) is 11.2 Å². The third kappa shape index (κ3) is 2.83. The van der Waals surface area contributed by atoms with Crippen molar-refractivity contribution in [2.75, 3.05) is 5.32 Å². The number of nitrogens with one attached hydrogen (secondary N) is 1. The van der Waals surface area contributed by atoms with Crippen LogP contribution in [-0.4, -0.2) is 9.97 Å². The molecule has 5 heteroatoms. The number of aromatic nitrogens is 1. The molecule has 0 aliphatic heterocycles. The summed E-state index contributed by atoms with van der Waals surface area (Å²) in [6.45, 7) is 0. The second kappa shape index (κ2) is 5.46. The maximum Gasteiger partial charge on any atom is 0.147 e. The molecule has 0 saturated carbocycles. The fraction of sp³-hybridized carbons (Fsp3) is 0. The lowest BCUT2D eigenvalue weighted by Gasteiger charge is -2.09. The monoisotopic (exact) mass is 297 g/mol. The van der Waals surface area contributed by atoms with Crippen LogP contribution in [0.2, 0.25) is 0 Å². The molecule has 0 fully saturated rings. The number of nitrogens with zero attached hydrogens (tertiary/aromatic N) is 1. The molecule has 3 N–H and O–H groups in total. The third-order valence-electron chi connectivity index (χ3n) is 3.14. The number of hydrogen-bond donors (Lipinski definition) is 2. The minimum atomic E-state index is -0.397. The molecule has 21 heavy (non-hydrogen) atoms. The molecule has 0 bridgehead atoms. The molecule has 3 aromatic rings. The molecule has 1 heterocycles. The Morgan fingerprint density at radius 3 is 2.76 bits per heavy atom. The summed E-state index contributed by atoms with van der Waals surface area (Å²) in [4.78, 5) is 4.43. The van der Waals surface area contributed by atoms with Crippen molar-refractivity contribution < 1.29 is 4.39 Å². The molecule has 0 radical (unpaired) electrons. The Kier molecular flexibility index (Phi) is 3.50. The van der Waals surface area contributed by atoms with Crippen molar-refractivity contribution in [3.63, 3.8) is 0 Å². The first kappa shape index (κ1) is 13.5. The van der Waals surface area contributed by atoms with E-state index in [4.69, 9.17) is 18.0 Å². The van der Waals surface area contributed by atoms with Gasteiger partial charge in [-0.25, -0.2) is 4.39 Å². The molecule has 1 aromatic heterocycles. The summed E-state index contributed by atoms with van der Waals surface area (Å²) in [5, 5.41) is 4.03. The van der Waals surface area contributed by atoms with Gasteiger partial charge in [0.1, 0.15) is 10.8 Å². The average molecular weight is 297 g/mol. The van der Waals surface area contributed by atoms with Crippen molar-refractivity contribution in [1.82, 2.24) is 4.98 Å². The minimum Gasteiger partial charge on any atom is -0.389 e. The summed E-state index contributed by atoms with van der Waals surface area (Å²) in [7, 11) is 0. The van der Waals surface area contributed by atoms with E-state index >= 15 is 0 Å². The van der Waals surface area contributed by atoms with E-state index in [-0.39, 0.29) is 4.99 Å². The van der Waals surface area contributed by atoms with Gasteiger partial charge in [-0.2, -0.15) is 0 Å². The minimum absolute atomic E-state index is 0.178. The van der Waals surface area contributed by atoms with Gasteiger partial charge < -0.3 is 11.1 Å². The van der Waals surface area contributed by atoms with Crippen LogP contribution in [0.4, 0.5) is 15.8 Å². The molecular formula is C16H12FN3S. The van der Waals surface area contributed by atoms with Gasteiger partial charge >= 0.3 is 0 Å². The zero-order valence-electron chi connectivity index (χ0n) is 11.0. The van der Waals surface area contributed by atoms with Crippen LogP contribution in [0.5, 0.6) is 0 Å². The number of halogens is 1. The van der Waals surface area contributed by atoms with Crippen molar-refractivity contribution in [3.05, 3.63) is 66.1 Å². The fourth-order valence-corrected chi connectivity index (χ4v) is 2.21. The molecule has 3 rings (SSSR count). The fourth-order valence-electron chi connectivity index (χ4n) is 2.08. The first-order valence-electron chi connectivity index (χ1n) is 6.34. The van der Waals surface area contributed by atoms with E-state index in [0.29, 0.717) is 11.3 Å². The normalized spacial score (nSPS) is 10.5. The second-order valence-corrected chi connectivity index (χ2v) is 5.03. The standard InChI is InChI=1S/C16H12FN3S/c17-13-9-11(16(18)21)3-5-15(13)20-12-4-6-14-10(8-12)2-1-7-19-14/h1-9,20H,(H2,18,21). The van der Waals surface area contributed by atoms with E-state index in [9.17, 15) is 4.39 Å². The zero-order chi connectivity index (χ0) is 14.8. The van der Waals surface area contributed by atoms with Crippen molar-refractivity contribution in [2.24, 2.45) is 5.73 Å². The third-order valence-corrected chi connectivity index (χ3v) is 3.37. The SMILES string of the molecule is NC(=S)c1ccc(Nc2ccc3ncccc3c2)c(F)c1. The highest BCUT2D eigenvalue weighted by Crippen LogP contribution is 2.23. The van der Waals surface area contributed by atoms with E-state index in [1.54, 1.807) is 18.3 Å². The van der Waals surface area contributed by atoms with E-state index < -0.39 is 5.82 Å². The van der Waals surface area contributed by atoms with Gasteiger partial charge in [-0.1, -0.05) is 18.3 Å². The molecule has 0 amide bonds. The number of hydrogen-bond acceptors (Lipinski definition) is 3. The first-order valence-corrected chi connectivity index (χ1v) is 6.75. The summed E-state index contributed by atoms with van der Waals surface area (Å²) in [5.41, 5.74) is 8.05. The van der Waals surface area contributed by atoms with E-state index in [1.807, 2.05) is 30.3 Å². The molecule has 0 aliphatic carbocycles. The van der Waals surface area contributed by atoms with Gasteiger partial charge in [0.15, 0.2) is 0 Å². The number of pyridine rings is 1. The van der Waals surface area contributed by atoms with Crippen LogP contribution in [0.25, 0.3) is 10.9 Å². The largest absolute Gasteiger partial charge is 0.389 e. The Morgan fingerprint density at radius 2 is 2.00 bits per heavy atom. The van der Waals surface area contributed by atoms with Crippen LogP contribution in [0, 0.1) is 5.82 Å². The number of nitrogens with two attached hydrogens (primary N) is 1. The van der Waals surface area contributed by atoms with Crippen molar-refractivity contribution in [1.29, 1.82) is 0 Å². The molecule has 0 aliphatic rings. The quantitative estimate of drug-likeness (QED) is 0.723. The molecule has 2 aromatic carbocycles. The predicted octanol–water partition coefficient (Wildman–Crippen LogP) is 3.75. The molecule has 0 atom stereocenters. The number of benzene rings is 2. The van der Waals surface area contributed by atoms with Crippen LogP contribution >= 0.6 is 12.2 Å². The Morgan fingerprint density at radius 1 is 1.14 bits per heavy atom. The topological polar surface area (TPSA) is 50.9 Å². The number of thiocarbonyl (C=S) groups is 1. The highest BCUT2D eigenvalue weighted by atomic mass is 32.1. The number of anilines is 2. The summed E-state index contributed by atoms with van der Waals surface area (Å²) < 4.78 is 14.0.